The zero-order chi connectivity index (χ0) is 8.43. The monoisotopic (exact) mass is 149 g/mol. The molecule has 1 aliphatic carbocycles. The normalized spacial score (nSPS) is 18.9. The maximum Gasteiger partial charge on any atom is 0.0314 e. The highest BCUT2D eigenvalue weighted by Gasteiger charge is 2.12. The number of allylic oxidation sites excluding steroid dienone is 3. The quantitative estimate of drug-likeness (QED) is 0.437. The second-order valence-corrected chi connectivity index (χ2v) is 3.31. The first-order valence-electron chi connectivity index (χ1n) is 4.02. The maximum absolute atomic E-state index is 7.50. The molecule has 0 amide bonds. The van der Waals surface area contributed by atoms with E-state index in [1.807, 2.05) is 6.92 Å². The standard InChI is InChI=1S/C10H15N/c1-7-4-5-10(9(3)11)8(2)6-7/h11H,1,4-6H2,2-3H3. The fourth-order valence-electron chi connectivity index (χ4n) is 1.59. The summed E-state index contributed by atoms with van der Waals surface area (Å²) in [4.78, 5) is 0. The summed E-state index contributed by atoms with van der Waals surface area (Å²) in [7, 11) is 0. The van der Waals surface area contributed by atoms with Gasteiger partial charge in [0.25, 0.3) is 0 Å². The molecule has 0 atom stereocenters. The van der Waals surface area contributed by atoms with E-state index in [0.29, 0.717) is 0 Å². The number of hydrogen-bond acceptors (Lipinski definition) is 1. The van der Waals surface area contributed by atoms with Gasteiger partial charge in [-0.15, -0.1) is 0 Å². The molecule has 0 aromatic rings. The Balaban J connectivity index is 2.86. The highest BCUT2D eigenvalue weighted by molar-refractivity contribution is 5.96. The molecule has 0 spiro atoms. The minimum absolute atomic E-state index is 0.731. The van der Waals surface area contributed by atoms with E-state index >= 15 is 0 Å². The van der Waals surface area contributed by atoms with Crippen molar-refractivity contribution in [2.24, 2.45) is 0 Å². The molecule has 1 rings (SSSR count). The zero-order valence-corrected chi connectivity index (χ0v) is 7.33. The molecule has 0 aliphatic heterocycles. The Labute approximate surface area is 68.3 Å². The van der Waals surface area contributed by atoms with Crippen LogP contribution in [0.4, 0.5) is 0 Å². The molecule has 1 N–H and O–H groups in total. The van der Waals surface area contributed by atoms with E-state index in [0.717, 1.165) is 25.0 Å². The summed E-state index contributed by atoms with van der Waals surface area (Å²) in [5, 5.41) is 7.50. The second-order valence-electron chi connectivity index (χ2n) is 3.31. The summed E-state index contributed by atoms with van der Waals surface area (Å²) in [6.45, 7) is 7.93. The van der Waals surface area contributed by atoms with E-state index in [2.05, 4.69) is 13.5 Å². The van der Waals surface area contributed by atoms with Crippen molar-refractivity contribution in [3.05, 3.63) is 23.3 Å². The van der Waals surface area contributed by atoms with Crippen LogP contribution >= 0.6 is 0 Å². The van der Waals surface area contributed by atoms with Gasteiger partial charge in [0.2, 0.25) is 0 Å². The highest BCUT2D eigenvalue weighted by Crippen LogP contribution is 2.27. The van der Waals surface area contributed by atoms with Crippen LogP contribution in [0, 0.1) is 5.41 Å². The lowest BCUT2D eigenvalue weighted by molar-refractivity contribution is 0.842. The third-order valence-corrected chi connectivity index (χ3v) is 2.21. The first kappa shape index (κ1) is 8.25. The molecular formula is C10H15N. The lowest BCUT2D eigenvalue weighted by atomic mass is 9.88. The van der Waals surface area contributed by atoms with Gasteiger partial charge in [-0.1, -0.05) is 17.7 Å². The molecule has 0 bridgehead atoms. The molecule has 0 fully saturated rings. The Kier molecular flexibility index (Phi) is 2.28. The average Bonchev–Trinajstić information content (AvgIpc) is 1.85. The van der Waals surface area contributed by atoms with Gasteiger partial charge >= 0.3 is 0 Å². The van der Waals surface area contributed by atoms with Crippen molar-refractivity contribution in [3.8, 4) is 0 Å². The molecule has 11 heavy (non-hydrogen) atoms. The second kappa shape index (κ2) is 3.04. The summed E-state index contributed by atoms with van der Waals surface area (Å²) >= 11 is 0. The van der Waals surface area contributed by atoms with Crippen LogP contribution in [0.15, 0.2) is 23.3 Å². The number of rotatable bonds is 1. The maximum atomic E-state index is 7.50. The Morgan fingerprint density at radius 3 is 2.55 bits per heavy atom. The molecule has 0 aromatic heterocycles. The van der Waals surface area contributed by atoms with Gasteiger partial charge in [0, 0.05) is 5.71 Å². The Hall–Kier alpha value is -0.850. The third kappa shape index (κ3) is 1.79. The lowest BCUT2D eigenvalue weighted by Crippen LogP contribution is -2.05. The highest BCUT2D eigenvalue weighted by atomic mass is 14.4. The first-order valence-corrected chi connectivity index (χ1v) is 4.02. The van der Waals surface area contributed by atoms with Crippen molar-refractivity contribution in [1.82, 2.24) is 0 Å². The van der Waals surface area contributed by atoms with Gasteiger partial charge in [0.05, 0.1) is 0 Å². The molecule has 0 saturated heterocycles. The van der Waals surface area contributed by atoms with E-state index in [1.165, 1.54) is 16.7 Å². The molecule has 1 heteroatoms. The van der Waals surface area contributed by atoms with Crippen LogP contribution in [-0.4, -0.2) is 5.71 Å². The smallest absolute Gasteiger partial charge is 0.0314 e. The number of hydrogen-bond donors (Lipinski definition) is 1. The number of nitrogens with one attached hydrogen (secondary N) is 1. The van der Waals surface area contributed by atoms with Gasteiger partial charge in [0.15, 0.2) is 0 Å². The van der Waals surface area contributed by atoms with Gasteiger partial charge in [-0.05, 0) is 38.7 Å². The Bertz CT molecular complexity index is 233. The largest absolute Gasteiger partial charge is 0.305 e. The van der Waals surface area contributed by atoms with Crippen molar-refractivity contribution in [2.75, 3.05) is 0 Å². The first-order chi connectivity index (χ1) is 5.11. The van der Waals surface area contributed by atoms with Crippen LogP contribution in [0.25, 0.3) is 0 Å². The summed E-state index contributed by atoms with van der Waals surface area (Å²) in [5.41, 5.74) is 4.63. The molecule has 60 valence electrons. The van der Waals surface area contributed by atoms with E-state index < -0.39 is 0 Å². The van der Waals surface area contributed by atoms with Crippen molar-refractivity contribution in [2.45, 2.75) is 33.1 Å². The van der Waals surface area contributed by atoms with E-state index in [1.54, 1.807) is 0 Å². The zero-order valence-electron chi connectivity index (χ0n) is 7.33. The van der Waals surface area contributed by atoms with Gasteiger partial charge in [-0.25, -0.2) is 0 Å². The molecule has 1 nitrogen and oxygen atoms in total. The topological polar surface area (TPSA) is 23.9 Å². The van der Waals surface area contributed by atoms with Crippen molar-refractivity contribution >= 4 is 5.71 Å². The summed E-state index contributed by atoms with van der Waals surface area (Å²) in [6.07, 6.45) is 3.11. The fraction of sp³-hybridized carbons (Fsp3) is 0.500. The average molecular weight is 149 g/mol. The van der Waals surface area contributed by atoms with Gasteiger partial charge < -0.3 is 5.41 Å². The molecule has 0 heterocycles. The summed E-state index contributed by atoms with van der Waals surface area (Å²) < 4.78 is 0. The minimum Gasteiger partial charge on any atom is -0.305 e. The van der Waals surface area contributed by atoms with Crippen LogP contribution in [0.3, 0.4) is 0 Å². The van der Waals surface area contributed by atoms with Crippen molar-refractivity contribution < 1.29 is 0 Å². The summed E-state index contributed by atoms with van der Waals surface area (Å²) in [6, 6.07) is 0. The van der Waals surface area contributed by atoms with Gasteiger partial charge in [0.1, 0.15) is 0 Å². The Morgan fingerprint density at radius 2 is 2.09 bits per heavy atom. The lowest BCUT2D eigenvalue weighted by Gasteiger charge is -2.18. The van der Waals surface area contributed by atoms with Gasteiger partial charge in [-0.3, -0.25) is 0 Å². The molecule has 0 saturated carbocycles. The SMILES string of the molecule is C=C1CCC(C(C)=N)=C(C)C1. The summed E-state index contributed by atoms with van der Waals surface area (Å²) in [5.74, 6) is 0. The third-order valence-electron chi connectivity index (χ3n) is 2.21. The van der Waals surface area contributed by atoms with E-state index in [-0.39, 0.29) is 0 Å². The van der Waals surface area contributed by atoms with E-state index in [4.69, 9.17) is 5.41 Å². The van der Waals surface area contributed by atoms with E-state index in [9.17, 15) is 0 Å². The predicted octanol–water partition coefficient (Wildman–Crippen LogP) is 3.08. The predicted molar refractivity (Wildman–Crippen MR) is 49.1 cm³/mol. The fourth-order valence-corrected chi connectivity index (χ4v) is 1.59. The van der Waals surface area contributed by atoms with Crippen LogP contribution in [0.5, 0.6) is 0 Å². The molecular weight excluding hydrogens is 134 g/mol. The van der Waals surface area contributed by atoms with Crippen LogP contribution in [0.2, 0.25) is 0 Å². The van der Waals surface area contributed by atoms with Gasteiger partial charge in [-0.2, -0.15) is 0 Å². The van der Waals surface area contributed by atoms with Crippen molar-refractivity contribution in [1.29, 1.82) is 5.41 Å². The molecule has 0 aromatic carbocycles. The Morgan fingerprint density at radius 1 is 1.45 bits per heavy atom. The van der Waals surface area contributed by atoms with Crippen LogP contribution < -0.4 is 0 Å². The minimum atomic E-state index is 0.731. The molecule has 0 radical (unpaired) electrons. The van der Waals surface area contributed by atoms with Crippen LogP contribution in [-0.2, 0) is 0 Å². The van der Waals surface area contributed by atoms with Crippen molar-refractivity contribution in [3.63, 3.8) is 0 Å². The molecule has 0 unspecified atom stereocenters. The molecule has 1 aliphatic rings. The van der Waals surface area contributed by atoms with Crippen LogP contribution in [0.1, 0.15) is 33.1 Å².